The monoisotopic (exact) mass is 372 g/mol. The molecule has 1 aliphatic heterocycles. The van der Waals surface area contributed by atoms with Crippen molar-refractivity contribution < 1.29 is 19.7 Å². The van der Waals surface area contributed by atoms with Crippen molar-refractivity contribution in [3.05, 3.63) is 42.0 Å². The third-order valence-electron chi connectivity index (χ3n) is 5.37. The van der Waals surface area contributed by atoms with E-state index in [1.165, 1.54) is 0 Å². The molecule has 1 heterocycles. The van der Waals surface area contributed by atoms with Crippen LogP contribution in [0.3, 0.4) is 0 Å². The van der Waals surface area contributed by atoms with Gasteiger partial charge in [0.15, 0.2) is 0 Å². The van der Waals surface area contributed by atoms with Crippen molar-refractivity contribution in [3.8, 4) is 5.75 Å². The van der Waals surface area contributed by atoms with Gasteiger partial charge in [-0.05, 0) is 42.5 Å². The predicted octanol–water partition coefficient (Wildman–Crippen LogP) is 2.31. The number of benzene rings is 2. The molecule has 146 valence electrons. The molecular formula is C21H28N2O4. The fourth-order valence-electron chi connectivity index (χ4n) is 3.71. The van der Waals surface area contributed by atoms with E-state index in [4.69, 9.17) is 4.74 Å². The van der Waals surface area contributed by atoms with Gasteiger partial charge in [0.25, 0.3) is 0 Å². The second kappa shape index (κ2) is 8.59. The molecule has 2 aromatic carbocycles. The molecule has 6 heteroatoms. The lowest BCUT2D eigenvalue weighted by atomic mass is 9.96. The third-order valence-corrected chi connectivity index (χ3v) is 5.37. The van der Waals surface area contributed by atoms with Gasteiger partial charge in [-0.15, -0.1) is 0 Å². The molecule has 6 nitrogen and oxygen atoms in total. The molecule has 1 unspecified atom stereocenters. The van der Waals surface area contributed by atoms with Gasteiger partial charge in [0.05, 0.1) is 19.3 Å². The molecular weight excluding hydrogens is 344 g/mol. The molecule has 3 rings (SSSR count). The highest BCUT2D eigenvalue weighted by Crippen LogP contribution is 2.28. The van der Waals surface area contributed by atoms with E-state index in [0.29, 0.717) is 45.3 Å². The molecule has 27 heavy (non-hydrogen) atoms. The molecule has 3 N–H and O–H groups in total. The van der Waals surface area contributed by atoms with Crippen LogP contribution in [0.2, 0.25) is 0 Å². The number of aliphatic hydroxyl groups is 2. The summed E-state index contributed by atoms with van der Waals surface area (Å²) >= 11 is 0. The zero-order valence-electron chi connectivity index (χ0n) is 15.8. The Labute approximate surface area is 159 Å². The van der Waals surface area contributed by atoms with E-state index in [9.17, 15) is 15.0 Å². The number of ether oxygens (including phenoxy) is 1. The normalized spacial score (nSPS) is 20.3. The number of aliphatic hydroxyl groups excluding tert-OH is 1. The van der Waals surface area contributed by atoms with Crippen molar-refractivity contribution in [1.82, 2.24) is 10.2 Å². The Morgan fingerprint density at radius 3 is 2.81 bits per heavy atom. The zero-order valence-corrected chi connectivity index (χ0v) is 15.8. The predicted molar refractivity (Wildman–Crippen MR) is 105 cm³/mol. The van der Waals surface area contributed by atoms with Crippen molar-refractivity contribution in [3.63, 3.8) is 0 Å². The molecule has 0 radical (unpaired) electrons. The molecule has 2 aromatic rings. The van der Waals surface area contributed by atoms with Crippen molar-refractivity contribution in [2.75, 3.05) is 33.4 Å². The van der Waals surface area contributed by atoms with Crippen molar-refractivity contribution in [2.24, 2.45) is 0 Å². The standard InChI is InChI=1S/C21H28N2O4/c1-27-19-8-7-16-5-2-3-6-17(16)18(19)9-12-22-20(25)23-13-4-10-21(26,15-24)11-14-23/h2-3,5-8,24,26H,4,9-15H2,1H3,(H,22,25). The van der Waals surface area contributed by atoms with E-state index in [0.717, 1.165) is 22.1 Å². The number of methoxy groups -OCH3 is 1. The Morgan fingerprint density at radius 2 is 2.04 bits per heavy atom. The minimum absolute atomic E-state index is 0.128. The number of hydrogen-bond donors (Lipinski definition) is 3. The maximum Gasteiger partial charge on any atom is 0.317 e. The molecule has 1 fully saturated rings. The van der Waals surface area contributed by atoms with Gasteiger partial charge in [-0.25, -0.2) is 4.79 Å². The molecule has 2 amide bonds. The summed E-state index contributed by atoms with van der Waals surface area (Å²) in [4.78, 5) is 14.2. The van der Waals surface area contributed by atoms with Crippen molar-refractivity contribution in [2.45, 2.75) is 31.3 Å². The first-order valence-corrected chi connectivity index (χ1v) is 9.47. The largest absolute Gasteiger partial charge is 0.496 e. The smallest absolute Gasteiger partial charge is 0.317 e. The van der Waals surface area contributed by atoms with Crippen LogP contribution in [0.4, 0.5) is 4.79 Å². The van der Waals surface area contributed by atoms with Crippen LogP contribution in [-0.2, 0) is 6.42 Å². The van der Waals surface area contributed by atoms with Gasteiger partial charge in [-0.3, -0.25) is 0 Å². The minimum atomic E-state index is -1.06. The molecule has 0 aliphatic carbocycles. The number of hydrogen-bond acceptors (Lipinski definition) is 4. The van der Waals surface area contributed by atoms with Crippen LogP contribution in [0.5, 0.6) is 5.75 Å². The van der Waals surface area contributed by atoms with Gasteiger partial charge >= 0.3 is 6.03 Å². The first-order valence-electron chi connectivity index (χ1n) is 9.47. The highest BCUT2D eigenvalue weighted by Gasteiger charge is 2.30. The highest BCUT2D eigenvalue weighted by molar-refractivity contribution is 5.87. The van der Waals surface area contributed by atoms with E-state index < -0.39 is 5.60 Å². The van der Waals surface area contributed by atoms with E-state index in [1.807, 2.05) is 24.3 Å². The van der Waals surface area contributed by atoms with E-state index in [-0.39, 0.29) is 12.6 Å². The van der Waals surface area contributed by atoms with Gasteiger partial charge in [-0.1, -0.05) is 30.3 Å². The summed E-state index contributed by atoms with van der Waals surface area (Å²) in [5, 5.41) is 24.8. The number of nitrogens with zero attached hydrogens (tertiary/aromatic N) is 1. The molecule has 1 aliphatic rings. The summed E-state index contributed by atoms with van der Waals surface area (Å²) in [7, 11) is 1.66. The topological polar surface area (TPSA) is 82.0 Å². The number of rotatable bonds is 5. The zero-order chi connectivity index (χ0) is 19.3. The van der Waals surface area contributed by atoms with Gasteiger partial charge in [0.1, 0.15) is 5.75 Å². The summed E-state index contributed by atoms with van der Waals surface area (Å²) < 4.78 is 5.50. The Hall–Kier alpha value is -2.31. The quantitative estimate of drug-likeness (QED) is 0.752. The van der Waals surface area contributed by atoms with Crippen LogP contribution < -0.4 is 10.1 Å². The van der Waals surface area contributed by atoms with Crippen LogP contribution in [0.25, 0.3) is 10.8 Å². The Bertz CT molecular complexity index is 795. The molecule has 0 saturated carbocycles. The highest BCUT2D eigenvalue weighted by atomic mass is 16.5. The summed E-state index contributed by atoms with van der Waals surface area (Å²) in [6.07, 6.45) is 2.26. The fraction of sp³-hybridized carbons (Fsp3) is 0.476. The second-order valence-corrected chi connectivity index (χ2v) is 7.17. The average Bonchev–Trinajstić information content (AvgIpc) is 2.90. The first kappa shape index (κ1) is 19.5. The van der Waals surface area contributed by atoms with Gasteiger partial charge in [-0.2, -0.15) is 0 Å². The lowest BCUT2D eigenvalue weighted by Gasteiger charge is -2.24. The maximum absolute atomic E-state index is 12.5. The molecule has 1 saturated heterocycles. The van der Waals surface area contributed by atoms with Crippen LogP contribution in [0, 0.1) is 0 Å². The van der Waals surface area contributed by atoms with E-state index in [1.54, 1.807) is 12.0 Å². The number of carbonyl (C=O) groups is 1. The van der Waals surface area contributed by atoms with Gasteiger partial charge in [0, 0.05) is 25.2 Å². The van der Waals surface area contributed by atoms with Crippen LogP contribution >= 0.6 is 0 Å². The summed E-state index contributed by atoms with van der Waals surface area (Å²) in [6.45, 7) is 1.28. The van der Waals surface area contributed by atoms with Crippen molar-refractivity contribution in [1.29, 1.82) is 0 Å². The number of urea groups is 1. The number of likely N-dealkylation sites (tertiary alicyclic amines) is 1. The minimum Gasteiger partial charge on any atom is -0.496 e. The third kappa shape index (κ3) is 4.51. The molecule has 0 bridgehead atoms. The number of amides is 2. The maximum atomic E-state index is 12.5. The second-order valence-electron chi connectivity index (χ2n) is 7.17. The average molecular weight is 372 g/mol. The van der Waals surface area contributed by atoms with Crippen molar-refractivity contribution >= 4 is 16.8 Å². The lowest BCUT2D eigenvalue weighted by Crippen LogP contribution is -2.42. The number of carbonyl (C=O) groups excluding carboxylic acids is 1. The van der Waals surface area contributed by atoms with Crippen LogP contribution in [0.1, 0.15) is 24.8 Å². The first-order chi connectivity index (χ1) is 13.1. The van der Waals surface area contributed by atoms with Crippen LogP contribution in [0.15, 0.2) is 36.4 Å². The summed E-state index contributed by atoms with van der Waals surface area (Å²) in [5.41, 5.74) is 0.0205. The van der Waals surface area contributed by atoms with Gasteiger partial charge < -0.3 is 25.2 Å². The molecule has 0 aromatic heterocycles. The summed E-state index contributed by atoms with van der Waals surface area (Å²) in [6, 6.07) is 12.0. The van der Waals surface area contributed by atoms with E-state index >= 15 is 0 Å². The lowest BCUT2D eigenvalue weighted by molar-refractivity contribution is -0.0248. The Kier molecular flexibility index (Phi) is 6.19. The molecule has 0 spiro atoms. The fourth-order valence-corrected chi connectivity index (χ4v) is 3.71. The number of nitrogens with one attached hydrogen (secondary N) is 1. The summed E-state index contributed by atoms with van der Waals surface area (Å²) in [5.74, 6) is 0.825. The Balaban J connectivity index is 1.61. The van der Waals surface area contributed by atoms with E-state index in [2.05, 4.69) is 17.4 Å². The SMILES string of the molecule is COc1ccc2ccccc2c1CCNC(=O)N1CCCC(O)(CO)CC1. The number of fused-ring (bicyclic) bond motifs is 1. The Morgan fingerprint density at radius 1 is 1.22 bits per heavy atom. The van der Waals surface area contributed by atoms with Gasteiger partial charge in [0.2, 0.25) is 0 Å². The molecule has 1 atom stereocenters. The van der Waals surface area contributed by atoms with Crippen LogP contribution in [-0.4, -0.2) is 60.1 Å².